The van der Waals surface area contributed by atoms with Crippen LogP contribution < -0.4 is 11.1 Å². The largest absolute Gasteiger partial charge is 0.433 e. The maximum Gasteiger partial charge on any atom is 0.433 e. The maximum absolute atomic E-state index is 13.0. The van der Waals surface area contributed by atoms with Crippen molar-refractivity contribution in [3.05, 3.63) is 40.2 Å². The number of rotatable bonds is 4. The van der Waals surface area contributed by atoms with Crippen molar-refractivity contribution in [3.63, 3.8) is 0 Å². The van der Waals surface area contributed by atoms with Crippen molar-refractivity contribution >= 4 is 39.1 Å². The normalized spacial score (nSPS) is 11.7. The van der Waals surface area contributed by atoms with Gasteiger partial charge in [-0.2, -0.15) is 18.3 Å². The summed E-state index contributed by atoms with van der Waals surface area (Å²) in [5, 5.41) is 6.90. The van der Waals surface area contributed by atoms with Crippen LogP contribution in [0.1, 0.15) is 26.6 Å². The quantitative estimate of drug-likeness (QED) is 0.707. The molecule has 142 valence electrons. The van der Waals surface area contributed by atoms with Crippen LogP contribution in [0.5, 0.6) is 0 Å². The van der Waals surface area contributed by atoms with Crippen molar-refractivity contribution in [3.8, 4) is 0 Å². The Morgan fingerprint density at radius 3 is 2.59 bits per heavy atom. The van der Waals surface area contributed by atoms with Gasteiger partial charge >= 0.3 is 6.18 Å². The average molecular weight is 397 g/mol. The number of primary amides is 1. The Balaban J connectivity index is 2.03. The molecule has 0 aromatic carbocycles. The molecule has 7 nitrogen and oxygen atoms in total. The molecule has 3 N–H and O–H groups in total. The number of fused-ring (bicyclic) bond motifs is 1. The first-order valence-electron chi connectivity index (χ1n) is 7.67. The topological polar surface area (TPSA) is 103 Å². The predicted molar refractivity (Wildman–Crippen MR) is 93.5 cm³/mol. The van der Waals surface area contributed by atoms with Gasteiger partial charge in [0.25, 0.3) is 5.91 Å². The number of halogens is 3. The lowest BCUT2D eigenvalue weighted by Gasteiger charge is -2.10. The van der Waals surface area contributed by atoms with Crippen LogP contribution in [-0.2, 0) is 17.5 Å². The van der Waals surface area contributed by atoms with Crippen molar-refractivity contribution in [2.24, 2.45) is 5.73 Å². The highest BCUT2D eigenvalue weighted by atomic mass is 32.1. The Morgan fingerprint density at radius 1 is 1.33 bits per heavy atom. The molecular formula is C16H14F3N5O2S. The standard InChI is InChI=1S/C16H14F3N5O2S/c1-7-5-9(16(17,18)19)21-15-11(7)12(13(27-15)14(20)26)22-10(25)6-24-4-3-8(2)23-24/h3-5H,6H2,1-2H3,(H2,20,26)(H,22,25). The summed E-state index contributed by atoms with van der Waals surface area (Å²) in [5.41, 5.74) is 5.27. The SMILES string of the molecule is Cc1ccn(CC(=O)Nc2c(C(N)=O)sc3nc(C(F)(F)F)cc(C)c23)n1. The van der Waals surface area contributed by atoms with Gasteiger partial charge in [0.1, 0.15) is 21.9 Å². The van der Waals surface area contributed by atoms with E-state index in [0.717, 1.165) is 11.8 Å². The average Bonchev–Trinajstić information content (AvgIpc) is 3.10. The minimum Gasteiger partial charge on any atom is -0.365 e. The molecule has 0 radical (unpaired) electrons. The minimum absolute atomic E-state index is 0.0265. The molecule has 0 saturated heterocycles. The lowest BCUT2D eigenvalue weighted by Crippen LogP contribution is -2.21. The number of nitrogens with one attached hydrogen (secondary N) is 1. The van der Waals surface area contributed by atoms with Gasteiger partial charge < -0.3 is 11.1 Å². The van der Waals surface area contributed by atoms with Crippen molar-refractivity contribution in [2.75, 3.05) is 5.32 Å². The molecule has 3 aromatic rings. The molecule has 2 amide bonds. The Bertz CT molecular complexity index is 1050. The first-order valence-corrected chi connectivity index (χ1v) is 8.49. The molecule has 3 heterocycles. The number of nitrogens with two attached hydrogens (primary N) is 1. The number of alkyl halides is 3. The fourth-order valence-corrected chi connectivity index (χ4v) is 3.66. The number of hydrogen-bond donors (Lipinski definition) is 2. The van der Waals surface area contributed by atoms with Gasteiger partial charge in [0.15, 0.2) is 0 Å². The lowest BCUT2D eigenvalue weighted by molar-refractivity contribution is -0.141. The maximum atomic E-state index is 13.0. The molecule has 0 unspecified atom stereocenters. The van der Waals surface area contributed by atoms with E-state index in [9.17, 15) is 22.8 Å². The van der Waals surface area contributed by atoms with Gasteiger partial charge in [0.2, 0.25) is 5.91 Å². The number of carbonyl (C=O) groups excluding carboxylic acids is 2. The molecule has 0 aliphatic rings. The summed E-state index contributed by atoms with van der Waals surface area (Å²) < 4.78 is 40.4. The van der Waals surface area contributed by atoms with E-state index in [1.807, 2.05) is 0 Å². The number of aryl methyl sites for hydroxylation is 2. The van der Waals surface area contributed by atoms with Crippen LogP contribution in [0.3, 0.4) is 0 Å². The molecule has 27 heavy (non-hydrogen) atoms. The second-order valence-corrected chi connectivity index (χ2v) is 6.87. The number of pyridine rings is 1. The van der Waals surface area contributed by atoms with E-state index in [1.54, 1.807) is 19.2 Å². The van der Waals surface area contributed by atoms with E-state index >= 15 is 0 Å². The zero-order chi connectivity index (χ0) is 19.9. The van der Waals surface area contributed by atoms with Crippen LogP contribution >= 0.6 is 11.3 Å². The number of hydrogen-bond acceptors (Lipinski definition) is 5. The molecule has 0 spiro atoms. The number of carbonyl (C=O) groups is 2. The van der Waals surface area contributed by atoms with E-state index in [2.05, 4.69) is 15.4 Å². The summed E-state index contributed by atoms with van der Waals surface area (Å²) >= 11 is 0.706. The minimum atomic E-state index is -4.63. The molecule has 11 heteroatoms. The molecule has 0 bridgehead atoms. The summed E-state index contributed by atoms with van der Waals surface area (Å²) in [4.78, 5) is 27.6. The van der Waals surface area contributed by atoms with Crippen LogP contribution in [0.25, 0.3) is 10.2 Å². The van der Waals surface area contributed by atoms with E-state index in [1.165, 1.54) is 11.6 Å². The van der Waals surface area contributed by atoms with Gasteiger partial charge in [-0.25, -0.2) is 4.98 Å². The Morgan fingerprint density at radius 2 is 2.04 bits per heavy atom. The Hall–Kier alpha value is -2.95. The molecule has 0 atom stereocenters. The summed E-state index contributed by atoms with van der Waals surface area (Å²) in [7, 11) is 0. The van der Waals surface area contributed by atoms with Crippen LogP contribution in [0.2, 0.25) is 0 Å². The number of thiophene rings is 1. The van der Waals surface area contributed by atoms with Crippen LogP contribution in [-0.4, -0.2) is 26.6 Å². The predicted octanol–water partition coefficient (Wildman–Crippen LogP) is 2.87. The van der Waals surface area contributed by atoms with Crippen molar-refractivity contribution in [1.82, 2.24) is 14.8 Å². The summed E-state index contributed by atoms with van der Waals surface area (Å²) in [6, 6.07) is 2.58. The zero-order valence-electron chi connectivity index (χ0n) is 14.2. The fourth-order valence-electron chi connectivity index (χ4n) is 2.60. The smallest absolute Gasteiger partial charge is 0.365 e. The molecule has 0 aliphatic carbocycles. The molecule has 3 aromatic heterocycles. The van der Waals surface area contributed by atoms with Crippen molar-refractivity contribution < 1.29 is 22.8 Å². The van der Waals surface area contributed by atoms with Crippen LogP contribution in [0.15, 0.2) is 18.3 Å². The second kappa shape index (κ2) is 6.65. The first-order chi connectivity index (χ1) is 12.6. The highest BCUT2D eigenvalue weighted by molar-refractivity contribution is 7.21. The summed E-state index contributed by atoms with van der Waals surface area (Å²) in [6.45, 7) is 3.08. The number of anilines is 1. The Kier molecular flexibility index (Phi) is 4.64. The van der Waals surface area contributed by atoms with Gasteiger partial charge in [-0.15, -0.1) is 11.3 Å². The molecule has 0 fully saturated rings. The van der Waals surface area contributed by atoms with Crippen LogP contribution in [0.4, 0.5) is 18.9 Å². The fraction of sp³-hybridized carbons (Fsp3) is 0.250. The summed E-state index contributed by atoms with van der Waals surface area (Å²) in [6.07, 6.45) is -3.02. The van der Waals surface area contributed by atoms with E-state index < -0.39 is 23.7 Å². The van der Waals surface area contributed by atoms with E-state index in [0.29, 0.717) is 11.3 Å². The number of aromatic nitrogens is 3. The van der Waals surface area contributed by atoms with Gasteiger partial charge in [-0.05, 0) is 31.5 Å². The van der Waals surface area contributed by atoms with E-state index in [4.69, 9.17) is 5.73 Å². The molecule has 0 aliphatic heterocycles. The summed E-state index contributed by atoms with van der Waals surface area (Å²) in [5.74, 6) is -1.37. The van der Waals surface area contributed by atoms with Crippen molar-refractivity contribution in [1.29, 1.82) is 0 Å². The second-order valence-electron chi connectivity index (χ2n) is 5.88. The zero-order valence-corrected chi connectivity index (χ0v) is 15.0. The highest BCUT2D eigenvalue weighted by Crippen LogP contribution is 2.39. The highest BCUT2D eigenvalue weighted by Gasteiger charge is 2.34. The third-order valence-electron chi connectivity index (χ3n) is 3.72. The Labute approximate surface area is 155 Å². The number of amides is 2. The molecular weight excluding hydrogens is 383 g/mol. The third kappa shape index (κ3) is 3.77. The molecule has 3 rings (SSSR count). The van der Waals surface area contributed by atoms with E-state index in [-0.39, 0.29) is 32.9 Å². The monoisotopic (exact) mass is 397 g/mol. The first kappa shape index (κ1) is 18.8. The van der Waals surface area contributed by atoms with Crippen molar-refractivity contribution in [2.45, 2.75) is 26.6 Å². The van der Waals surface area contributed by atoms with Gasteiger partial charge in [-0.3, -0.25) is 14.3 Å². The van der Waals surface area contributed by atoms with Gasteiger partial charge in [0, 0.05) is 11.6 Å². The lowest BCUT2D eigenvalue weighted by atomic mass is 10.1. The third-order valence-corrected chi connectivity index (χ3v) is 4.82. The molecule has 0 saturated carbocycles. The van der Waals surface area contributed by atoms with Gasteiger partial charge in [-0.1, -0.05) is 0 Å². The van der Waals surface area contributed by atoms with Gasteiger partial charge in [0.05, 0.1) is 11.4 Å². The van der Waals surface area contributed by atoms with Crippen LogP contribution in [0, 0.1) is 13.8 Å². The number of nitrogens with zero attached hydrogens (tertiary/aromatic N) is 3.